The minimum Gasteiger partial charge on any atom is -0.260 e. The van der Waals surface area contributed by atoms with Crippen molar-refractivity contribution >= 4 is 22.9 Å². The van der Waals surface area contributed by atoms with Crippen molar-refractivity contribution in [2.24, 2.45) is 10.1 Å². The fourth-order valence-corrected chi connectivity index (χ4v) is 2.77. The van der Waals surface area contributed by atoms with Crippen molar-refractivity contribution in [1.82, 2.24) is 5.43 Å². The summed E-state index contributed by atoms with van der Waals surface area (Å²) in [6.45, 7) is 0. The van der Waals surface area contributed by atoms with Gasteiger partial charge in [-0.1, -0.05) is 48.5 Å². The maximum absolute atomic E-state index is 10.9. The second-order valence-electron chi connectivity index (χ2n) is 5.72. The molecule has 6 heteroatoms. The second-order valence-corrected chi connectivity index (χ2v) is 5.72. The molecule has 1 aliphatic heterocycles. The summed E-state index contributed by atoms with van der Waals surface area (Å²) in [6.07, 6.45) is 0. The molecule has 0 radical (unpaired) electrons. The highest BCUT2D eigenvalue weighted by Crippen LogP contribution is 2.26. The molecule has 3 aromatic rings. The first-order valence-corrected chi connectivity index (χ1v) is 8.04. The highest BCUT2D eigenvalue weighted by molar-refractivity contribution is 6.18. The quantitative estimate of drug-likeness (QED) is 0.576. The van der Waals surface area contributed by atoms with Gasteiger partial charge >= 0.3 is 0 Å². The molecule has 0 bridgehead atoms. The lowest BCUT2D eigenvalue weighted by Gasteiger charge is -2.07. The third kappa shape index (κ3) is 2.95. The number of benzene rings is 3. The standard InChI is InChI=1S/C20H14N4O2/c25-24(26)16-12-10-14(11-13-16)19-17-8-4-5-9-18(17)21-20(23-22-19)15-6-2-1-3-7-15/h1-13H,(H,21,23). The van der Waals surface area contributed by atoms with Gasteiger partial charge in [-0.3, -0.25) is 15.5 Å². The van der Waals surface area contributed by atoms with E-state index in [1.807, 2.05) is 54.6 Å². The van der Waals surface area contributed by atoms with E-state index in [0.29, 0.717) is 11.5 Å². The molecule has 0 saturated heterocycles. The summed E-state index contributed by atoms with van der Waals surface area (Å²) in [4.78, 5) is 15.2. The maximum atomic E-state index is 10.9. The van der Waals surface area contributed by atoms with Gasteiger partial charge in [-0.15, -0.1) is 0 Å². The van der Waals surface area contributed by atoms with Crippen LogP contribution in [0.25, 0.3) is 0 Å². The number of non-ortho nitro benzene ring substituents is 1. The molecule has 0 saturated carbocycles. The molecule has 0 amide bonds. The molecule has 26 heavy (non-hydrogen) atoms. The number of nitrogens with one attached hydrogen (secondary N) is 1. The van der Waals surface area contributed by atoms with E-state index >= 15 is 0 Å². The molecule has 0 unspecified atom stereocenters. The highest BCUT2D eigenvalue weighted by Gasteiger charge is 2.17. The zero-order valence-electron chi connectivity index (χ0n) is 13.7. The van der Waals surface area contributed by atoms with E-state index in [9.17, 15) is 10.1 Å². The number of para-hydroxylation sites is 1. The van der Waals surface area contributed by atoms with Crippen molar-refractivity contribution < 1.29 is 4.92 Å². The van der Waals surface area contributed by atoms with E-state index in [0.717, 1.165) is 22.4 Å². The molecule has 4 rings (SSSR count). The van der Waals surface area contributed by atoms with Crippen LogP contribution in [0.1, 0.15) is 16.7 Å². The van der Waals surface area contributed by atoms with Crippen molar-refractivity contribution in [2.75, 3.05) is 0 Å². The molecule has 0 aliphatic carbocycles. The van der Waals surface area contributed by atoms with Crippen molar-refractivity contribution in [1.29, 1.82) is 0 Å². The SMILES string of the molecule is O=[N+]([O-])c1ccc(C2=NNC(c3ccccc3)=Nc3ccccc32)cc1. The van der Waals surface area contributed by atoms with E-state index in [-0.39, 0.29) is 5.69 Å². The lowest BCUT2D eigenvalue weighted by molar-refractivity contribution is -0.384. The van der Waals surface area contributed by atoms with Crippen LogP contribution in [0.2, 0.25) is 0 Å². The second kappa shape index (κ2) is 6.60. The van der Waals surface area contributed by atoms with Gasteiger partial charge in [0, 0.05) is 28.8 Å². The van der Waals surface area contributed by atoms with Gasteiger partial charge in [0.05, 0.1) is 16.3 Å². The van der Waals surface area contributed by atoms with Crippen molar-refractivity contribution in [2.45, 2.75) is 0 Å². The molecule has 0 atom stereocenters. The zero-order valence-corrected chi connectivity index (χ0v) is 13.7. The predicted octanol–water partition coefficient (Wildman–Crippen LogP) is 4.03. The number of nitro groups is 1. The number of rotatable bonds is 3. The summed E-state index contributed by atoms with van der Waals surface area (Å²) in [5, 5.41) is 15.4. The van der Waals surface area contributed by atoms with E-state index in [2.05, 4.69) is 10.5 Å². The van der Waals surface area contributed by atoms with Crippen LogP contribution in [0.4, 0.5) is 11.4 Å². The fourth-order valence-electron chi connectivity index (χ4n) is 2.77. The smallest absolute Gasteiger partial charge is 0.260 e. The Bertz CT molecular complexity index is 1030. The van der Waals surface area contributed by atoms with Crippen LogP contribution in [0, 0.1) is 10.1 Å². The van der Waals surface area contributed by atoms with Crippen molar-refractivity contribution in [3.05, 3.63) is 106 Å². The molecule has 126 valence electrons. The minimum absolute atomic E-state index is 0.0467. The van der Waals surface area contributed by atoms with Gasteiger partial charge in [0.25, 0.3) is 5.69 Å². The predicted molar refractivity (Wildman–Crippen MR) is 101 cm³/mol. The van der Waals surface area contributed by atoms with Crippen LogP contribution in [-0.2, 0) is 0 Å². The van der Waals surface area contributed by atoms with Gasteiger partial charge in [0.2, 0.25) is 0 Å². The van der Waals surface area contributed by atoms with Crippen molar-refractivity contribution in [3.63, 3.8) is 0 Å². The fraction of sp³-hybridized carbons (Fsp3) is 0. The highest BCUT2D eigenvalue weighted by atomic mass is 16.6. The Kier molecular flexibility index (Phi) is 3.99. The monoisotopic (exact) mass is 342 g/mol. The van der Waals surface area contributed by atoms with Crippen molar-refractivity contribution in [3.8, 4) is 0 Å². The molecule has 0 spiro atoms. The van der Waals surface area contributed by atoms with Crippen LogP contribution in [0.15, 0.2) is 89.0 Å². The Hall–Kier alpha value is -3.80. The lowest BCUT2D eigenvalue weighted by Crippen LogP contribution is -2.19. The summed E-state index contributed by atoms with van der Waals surface area (Å²) < 4.78 is 0. The number of hydrogen-bond acceptors (Lipinski definition) is 5. The van der Waals surface area contributed by atoms with E-state index in [4.69, 9.17) is 4.99 Å². The Morgan fingerprint density at radius 2 is 1.50 bits per heavy atom. The zero-order chi connectivity index (χ0) is 17.9. The van der Waals surface area contributed by atoms with Gasteiger partial charge < -0.3 is 0 Å². The normalized spacial score (nSPS) is 12.9. The average molecular weight is 342 g/mol. The van der Waals surface area contributed by atoms with E-state index in [1.165, 1.54) is 12.1 Å². The number of aliphatic imine (C=N–C) groups is 1. The van der Waals surface area contributed by atoms with Gasteiger partial charge in [-0.2, -0.15) is 5.10 Å². The van der Waals surface area contributed by atoms with Crippen LogP contribution in [0.5, 0.6) is 0 Å². The van der Waals surface area contributed by atoms with Crippen LogP contribution in [-0.4, -0.2) is 16.5 Å². The van der Waals surface area contributed by atoms with E-state index < -0.39 is 4.92 Å². The molecule has 0 aromatic heterocycles. The molecule has 1 aliphatic rings. The minimum atomic E-state index is -0.415. The van der Waals surface area contributed by atoms with Crippen LogP contribution < -0.4 is 5.43 Å². The van der Waals surface area contributed by atoms with Gasteiger partial charge in [-0.25, -0.2) is 4.99 Å². The first-order chi connectivity index (χ1) is 12.7. The first-order valence-electron chi connectivity index (χ1n) is 8.04. The molecular formula is C20H14N4O2. The average Bonchev–Trinajstić information content (AvgIpc) is 2.88. The first kappa shape index (κ1) is 15.7. The topological polar surface area (TPSA) is 79.9 Å². The summed E-state index contributed by atoms with van der Waals surface area (Å²) in [5.41, 5.74) is 7.12. The third-order valence-corrected chi connectivity index (χ3v) is 4.06. The van der Waals surface area contributed by atoms with Gasteiger partial charge in [0.1, 0.15) is 0 Å². The summed E-state index contributed by atoms with van der Waals surface area (Å²) in [6, 6.07) is 23.8. The number of nitrogens with zero attached hydrogens (tertiary/aromatic N) is 3. The number of hydrazone groups is 1. The largest absolute Gasteiger partial charge is 0.269 e. The molecule has 0 fully saturated rings. The third-order valence-electron chi connectivity index (χ3n) is 4.06. The molecule has 1 N–H and O–H groups in total. The van der Waals surface area contributed by atoms with Crippen LogP contribution in [0.3, 0.4) is 0 Å². The summed E-state index contributed by atoms with van der Waals surface area (Å²) >= 11 is 0. The molecular weight excluding hydrogens is 328 g/mol. The Morgan fingerprint density at radius 3 is 2.23 bits per heavy atom. The number of fused-ring (bicyclic) bond motifs is 1. The number of amidine groups is 1. The van der Waals surface area contributed by atoms with Gasteiger partial charge in [0.15, 0.2) is 5.84 Å². The number of nitro benzene ring substituents is 1. The number of hydrogen-bond donors (Lipinski definition) is 1. The lowest BCUT2D eigenvalue weighted by atomic mass is 10.0. The van der Waals surface area contributed by atoms with Crippen LogP contribution >= 0.6 is 0 Å². The Balaban J connectivity index is 1.80. The Morgan fingerprint density at radius 1 is 0.808 bits per heavy atom. The molecule has 6 nitrogen and oxygen atoms in total. The molecule has 1 heterocycles. The molecule has 3 aromatic carbocycles. The summed E-state index contributed by atoms with van der Waals surface area (Å²) in [5.74, 6) is 0.648. The maximum Gasteiger partial charge on any atom is 0.269 e. The summed E-state index contributed by atoms with van der Waals surface area (Å²) in [7, 11) is 0. The van der Waals surface area contributed by atoms with E-state index in [1.54, 1.807) is 12.1 Å². The Labute approximate surface area is 149 Å². The van der Waals surface area contributed by atoms with Gasteiger partial charge in [-0.05, 0) is 18.2 Å².